The zero-order valence-corrected chi connectivity index (χ0v) is 11.6. The van der Waals surface area contributed by atoms with Gasteiger partial charge in [-0.25, -0.2) is 0 Å². The van der Waals surface area contributed by atoms with Gasteiger partial charge in [0.2, 0.25) is 0 Å². The molecule has 1 unspecified atom stereocenters. The molecule has 3 heterocycles. The molecule has 3 aliphatic heterocycles. The Bertz CT molecular complexity index is 304. The summed E-state index contributed by atoms with van der Waals surface area (Å²) in [7, 11) is 0. The van der Waals surface area contributed by atoms with Crippen molar-refractivity contribution >= 4 is 5.91 Å². The molecule has 3 aliphatic rings. The third kappa shape index (κ3) is 3.09. The Kier molecular flexibility index (Phi) is 4.35. The summed E-state index contributed by atoms with van der Waals surface area (Å²) in [6.07, 6.45) is 4.05. The Balaban J connectivity index is 1.47. The molecule has 1 N–H and O–H groups in total. The van der Waals surface area contributed by atoms with Gasteiger partial charge >= 0.3 is 0 Å². The van der Waals surface area contributed by atoms with Gasteiger partial charge in [0.15, 0.2) is 0 Å². The van der Waals surface area contributed by atoms with E-state index >= 15 is 0 Å². The van der Waals surface area contributed by atoms with Gasteiger partial charge in [-0.15, -0.1) is 0 Å². The number of carbonyl (C=O) groups is 1. The summed E-state index contributed by atoms with van der Waals surface area (Å²) in [6, 6.07) is 0.677. The fourth-order valence-electron chi connectivity index (χ4n) is 3.47. The first-order valence-corrected chi connectivity index (χ1v) is 7.70. The third-order valence-electron chi connectivity index (χ3n) is 4.65. The Morgan fingerprint density at radius 1 is 1.05 bits per heavy atom. The van der Waals surface area contributed by atoms with Gasteiger partial charge in [0.25, 0.3) is 5.91 Å². The van der Waals surface area contributed by atoms with E-state index in [1.165, 1.54) is 0 Å². The number of nitrogens with one attached hydrogen (secondary N) is 1. The zero-order valence-electron chi connectivity index (χ0n) is 11.6. The molecule has 19 heavy (non-hydrogen) atoms. The van der Waals surface area contributed by atoms with Crippen molar-refractivity contribution in [2.45, 2.75) is 37.8 Å². The number of piperidine rings is 1. The van der Waals surface area contributed by atoms with E-state index in [0.29, 0.717) is 6.04 Å². The van der Waals surface area contributed by atoms with Crippen LogP contribution in [0.4, 0.5) is 0 Å². The molecule has 3 fully saturated rings. The minimum Gasteiger partial charge on any atom is -0.368 e. The highest BCUT2D eigenvalue weighted by atomic mass is 16.5. The summed E-state index contributed by atoms with van der Waals surface area (Å²) in [5.41, 5.74) is 0. The van der Waals surface area contributed by atoms with Crippen LogP contribution in [0.3, 0.4) is 0 Å². The SMILES string of the molecule is O=C(C1CCCO1)N1CCC(N2CCNCC2)CC1. The Morgan fingerprint density at radius 3 is 2.42 bits per heavy atom. The van der Waals surface area contributed by atoms with Crippen molar-refractivity contribution in [2.75, 3.05) is 45.9 Å². The van der Waals surface area contributed by atoms with E-state index in [1.54, 1.807) is 0 Å². The molecule has 0 aromatic heterocycles. The van der Waals surface area contributed by atoms with Crippen LogP contribution in [-0.4, -0.2) is 73.7 Å². The Hall–Kier alpha value is -0.650. The average molecular weight is 267 g/mol. The number of nitrogens with zero attached hydrogens (tertiary/aromatic N) is 2. The number of rotatable bonds is 2. The van der Waals surface area contributed by atoms with Gasteiger partial charge < -0.3 is 15.0 Å². The minimum absolute atomic E-state index is 0.143. The van der Waals surface area contributed by atoms with Gasteiger partial charge in [-0.1, -0.05) is 0 Å². The van der Waals surface area contributed by atoms with Crippen LogP contribution in [0.25, 0.3) is 0 Å². The van der Waals surface area contributed by atoms with Gasteiger partial charge in [-0.2, -0.15) is 0 Å². The molecule has 0 aromatic rings. The van der Waals surface area contributed by atoms with E-state index < -0.39 is 0 Å². The molecule has 3 rings (SSSR count). The highest BCUT2D eigenvalue weighted by molar-refractivity contribution is 5.81. The van der Waals surface area contributed by atoms with Crippen LogP contribution in [-0.2, 0) is 9.53 Å². The van der Waals surface area contributed by atoms with Gasteiger partial charge in [-0.3, -0.25) is 9.69 Å². The van der Waals surface area contributed by atoms with Crippen molar-refractivity contribution < 1.29 is 9.53 Å². The first-order valence-electron chi connectivity index (χ1n) is 7.70. The third-order valence-corrected chi connectivity index (χ3v) is 4.65. The van der Waals surface area contributed by atoms with Crippen LogP contribution >= 0.6 is 0 Å². The van der Waals surface area contributed by atoms with E-state index in [2.05, 4.69) is 10.2 Å². The summed E-state index contributed by atoms with van der Waals surface area (Å²) in [5, 5.41) is 3.40. The molecule has 5 nitrogen and oxygen atoms in total. The lowest BCUT2D eigenvalue weighted by molar-refractivity contribution is -0.142. The van der Waals surface area contributed by atoms with Crippen LogP contribution in [0.2, 0.25) is 0 Å². The van der Waals surface area contributed by atoms with Crippen molar-refractivity contribution in [3.8, 4) is 0 Å². The van der Waals surface area contributed by atoms with E-state index in [1.807, 2.05) is 4.90 Å². The number of carbonyl (C=O) groups excluding carboxylic acids is 1. The van der Waals surface area contributed by atoms with Gasteiger partial charge in [0, 0.05) is 51.9 Å². The highest BCUT2D eigenvalue weighted by Crippen LogP contribution is 2.21. The second kappa shape index (κ2) is 6.20. The van der Waals surface area contributed by atoms with Crippen molar-refractivity contribution in [3.05, 3.63) is 0 Å². The largest absolute Gasteiger partial charge is 0.368 e. The summed E-state index contributed by atoms with van der Waals surface area (Å²) < 4.78 is 5.50. The number of ether oxygens (including phenoxy) is 1. The fourth-order valence-corrected chi connectivity index (χ4v) is 3.47. The Morgan fingerprint density at radius 2 is 1.79 bits per heavy atom. The lowest BCUT2D eigenvalue weighted by Crippen LogP contribution is -2.53. The normalized spacial score (nSPS) is 30.7. The first kappa shape index (κ1) is 13.3. The molecule has 1 atom stereocenters. The second-order valence-corrected chi connectivity index (χ2v) is 5.84. The summed E-state index contributed by atoms with van der Waals surface area (Å²) >= 11 is 0. The topological polar surface area (TPSA) is 44.8 Å². The summed E-state index contributed by atoms with van der Waals surface area (Å²) in [4.78, 5) is 16.9. The molecule has 5 heteroatoms. The maximum absolute atomic E-state index is 12.3. The van der Waals surface area contributed by atoms with Crippen LogP contribution in [0, 0.1) is 0 Å². The molecule has 108 valence electrons. The van der Waals surface area contributed by atoms with Crippen LogP contribution in [0.15, 0.2) is 0 Å². The number of hydrogen-bond donors (Lipinski definition) is 1. The van der Waals surface area contributed by atoms with Crippen LogP contribution < -0.4 is 5.32 Å². The smallest absolute Gasteiger partial charge is 0.251 e. The molecule has 1 amide bonds. The van der Waals surface area contributed by atoms with Crippen molar-refractivity contribution in [1.29, 1.82) is 0 Å². The predicted molar refractivity (Wildman–Crippen MR) is 73.0 cm³/mol. The lowest BCUT2D eigenvalue weighted by Gasteiger charge is -2.40. The number of likely N-dealkylation sites (tertiary alicyclic amines) is 1. The molecule has 0 aliphatic carbocycles. The molecule has 0 saturated carbocycles. The van der Waals surface area contributed by atoms with Crippen molar-refractivity contribution in [2.24, 2.45) is 0 Å². The zero-order chi connectivity index (χ0) is 13.1. The molecule has 0 bridgehead atoms. The van der Waals surface area contributed by atoms with Gasteiger partial charge in [0.05, 0.1) is 0 Å². The highest BCUT2D eigenvalue weighted by Gasteiger charge is 2.32. The van der Waals surface area contributed by atoms with Gasteiger partial charge in [-0.05, 0) is 25.7 Å². The van der Waals surface area contributed by atoms with Crippen molar-refractivity contribution in [1.82, 2.24) is 15.1 Å². The predicted octanol–water partition coefficient (Wildman–Crippen LogP) is 0.0616. The van der Waals surface area contributed by atoms with E-state index in [-0.39, 0.29) is 12.0 Å². The summed E-state index contributed by atoms with van der Waals surface area (Å²) in [6.45, 7) is 7.10. The lowest BCUT2D eigenvalue weighted by atomic mass is 10.0. The van der Waals surface area contributed by atoms with Crippen molar-refractivity contribution in [3.63, 3.8) is 0 Å². The fraction of sp³-hybridized carbons (Fsp3) is 0.929. The molecule has 0 aromatic carbocycles. The van der Waals surface area contributed by atoms with E-state index in [0.717, 1.165) is 71.6 Å². The van der Waals surface area contributed by atoms with E-state index in [4.69, 9.17) is 4.74 Å². The molecule has 0 spiro atoms. The second-order valence-electron chi connectivity index (χ2n) is 5.84. The number of hydrogen-bond acceptors (Lipinski definition) is 4. The Labute approximate surface area is 115 Å². The number of amides is 1. The monoisotopic (exact) mass is 267 g/mol. The van der Waals surface area contributed by atoms with Gasteiger partial charge in [0.1, 0.15) is 6.10 Å². The molecular formula is C14H25N3O2. The quantitative estimate of drug-likeness (QED) is 0.768. The average Bonchev–Trinajstić information content (AvgIpc) is 3.02. The standard InChI is InChI=1S/C14H25N3O2/c18-14(13-2-1-11-19-13)17-7-3-12(4-8-17)16-9-5-15-6-10-16/h12-13,15H,1-11H2. The molecular weight excluding hydrogens is 242 g/mol. The maximum Gasteiger partial charge on any atom is 0.251 e. The summed E-state index contributed by atoms with van der Waals surface area (Å²) in [5.74, 6) is 0.233. The maximum atomic E-state index is 12.3. The van der Waals surface area contributed by atoms with E-state index in [9.17, 15) is 4.79 Å². The minimum atomic E-state index is -0.143. The molecule has 3 saturated heterocycles. The molecule has 0 radical (unpaired) electrons. The number of piperazine rings is 1. The first-order chi connectivity index (χ1) is 9.34. The van der Waals surface area contributed by atoms with Crippen LogP contribution in [0.5, 0.6) is 0 Å². The van der Waals surface area contributed by atoms with Crippen LogP contribution in [0.1, 0.15) is 25.7 Å².